The molecule has 0 saturated carbocycles. The molecule has 1 aliphatic rings. The molecule has 4 heteroatoms. The summed E-state index contributed by atoms with van der Waals surface area (Å²) in [6, 6.07) is -0.674. The highest BCUT2D eigenvalue weighted by atomic mass is 16.2. The lowest BCUT2D eigenvalue weighted by atomic mass is 9.98. The molecule has 1 saturated heterocycles. The highest BCUT2D eigenvalue weighted by molar-refractivity contribution is 5.96. The van der Waals surface area contributed by atoms with Crippen LogP contribution in [0.5, 0.6) is 0 Å². The van der Waals surface area contributed by atoms with E-state index in [1.165, 1.54) is 25.7 Å². The van der Waals surface area contributed by atoms with Gasteiger partial charge < -0.3 is 10.2 Å². The largest absolute Gasteiger partial charge is 0.342 e. The minimum atomic E-state index is -0.348. The SMILES string of the molecule is CCCCCCCCN1C(=O)C(C(C)C)NC(=O)C1C. The highest BCUT2D eigenvalue weighted by Crippen LogP contribution is 2.16. The van der Waals surface area contributed by atoms with Gasteiger partial charge in [0.2, 0.25) is 11.8 Å². The maximum absolute atomic E-state index is 12.4. The summed E-state index contributed by atoms with van der Waals surface area (Å²) >= 11 is 0. The van der Waals surface area contributed by atoms with Crippen molar-refractivity contribution < 1.29 is 9.59 Å². The minimum Gasteiger partial charge on any atom is -0.342 e. The minimum absolute atomic E-state index is 0.0192. The lowest BCUT2D eigenvalue weighted by Gasteiger charge is -2.38. The van der Waals surface area contributed by atoms with E-state index < -0.39 is 0 Å². The third-order valence-corrected chi connectivity index (χ3v) is 4.11. The number of amides is 2. The first-order valence-corrected chi connectivity index (χ1v) is 8.09. The third-order valence-electron chi connectivity index (χ3n) is 4.11. The Bertz CT molecular complexity index is 328. The molecule has 1 heterocycles. The van der Waals surface area contributed by atoms with Gasteiger partial charge in [0.05, 0.1) is 0 Å². The van der Waals surface area contributed by atoms with Crippen LogP contribution in [0.1, 0.15) is 66.2 Å². The third kappa shape index (κ3) is 4.50. The second kappa shape index (κ2) is 8.28. The first-order chi connectivity index (χ1) is 9.49. The molecule has 0 aromatic heterocycles. The van der Waals surface area contributed by atoms with Gasteiger partial charge in [-0.25, -0.2) is 0 Å². The maximum Gasteiger partial charge on any atom is 0.246 e. The number of carbonyl (C=O) groups excluding carboxylic acids is 2. The number of nitrogens with one attached hydrogen (secondary N) is 1. The average Bonchev–Trinajstić information content (AvgIpc) is 2.40. The van der Waals surface area contributed by atoms with Gasteiger partial charge in [-0.1, -0.05) is 52.9 Å². The number of hydrogen-bond donors (Lipinski definition) is 1. The normalized spacial score (nSPS) is 23.4. The molecule has 2 atom stereocenters. The summed E-state index contributed by atoms with van der Waals surface area (Å²) in [5.74, 6) is 0.209. The number of rotatable bonds is 8. The number of unbranched alkanes of at least 4 members (excludes halogenated alkanes) is 5. The van der Waals surface area contributed by atoms with Crippen LogP contribution in [0, 0.1) is 5.92 Å². The molecule has 0 aromatic rings. The zero-order chi connectivity index (χ0) is 15.1. The van der Waals surface area contributed by atoms with E-state index in [0.717, 1.165) is 12.8 Å². The monoisotopic (exact) mass is 282 g/mol. The van der Waals surface area contributed by atoms with Crippen molar-refractivity contribution in [3.05, 3.63) is 0 Å². The van der Waals surface area contributed by atoms with Crippen molar-refractivity contribution >= 4 is 11.8 Å². The van der Waals surface area contributed by atoms with E-state index in [2.05, 4.69) is 12.2 Å². The molecular formula is C16H30N2O2. The molecule has 1 fully saturated rings. The molecule has 116 valence electrons. The second-order valence-electron chi connectivity index (χ2n) is 6.21. The van der Waals surface area contributed by atoms with Crippen LogP contribution in [-0.4, -0.2) is 35.3 Å². The van der Waals surface area contributed by atoms with Crippen LogP contribution >= 0.6 is 0 Å². The van der Waals surface area contributed by atoms with Gasteiger partial charge >= 0.3 is 0 Å². The van der Waals surface area contributed by atoms with Crippen molar-refractivity contribution in [3.8, 4) is 0 Å². The topological polar surface area (TPSA) is 49.4 Å². The van der Waals surface area contributed by atoms with Gasteiger partial charge in [-0.2, -0.15) is 0 Å². The van der Waals surface area contributed by atoms with Crippen molar-refractivity contribution in [3.63, 3.8) is 0 Å². The zero-order valence-corrected chi connectivity index (χ0v) is 13.4. The van der Waals surface area contributed by atoms with Gasteiger partial charge in [0.25, 0.3) is 0 Å². The second-order valence-corrected chi connectivity index (χ2v) is 6.21. The Morgan fingerprint density at radius 3 is 2.30 bits per heavy atom. The van der Waals surface area contributed by atoms with Gasteiger partial charge in [-0.15, -0.1) is 0 Å². The van der Waals surface area contributed by atoms with Crippen LogP contribution in [0.25, 0.3) is 0 Å². The molecule has 20 heavy (non-hydrogen) atoms. The lowest BCUT2D eigenvalue weighted by Crippen LogP contribution is -2.63. The Morgan fingerprint density at radius 1 is 1.10 bits per heavy atom. The van der Waals surface area contributed by atoms with Gasteiger partial charge in [0, 0.05) is 6.54 Å². The molecule has 2 amide bonds. The molecule has 1 N–H and O–H groups in total. The van der Waals surface area contributed by atoms with Crippen LogP contribution in [0.3, 0.4) is 0 Å². The summed E-state index contributed by atoms with van der Waals surface area (Å²) in [6.45, 7) is 8.69. The fourth-order valence-electron chi connectivity index (χ4n) is 2.66. The van der Waals surface area contributed by atoms with E-state index >= 15 is 0 Å². The molecule has 0 radical (unpaired) electrons. The van der Waals surface area contributed by atoms with Crippen LogP contribution in [0.15, 0.2) is 0 Å². The molecule has 0 spiro atoms. The Labute approximate surface area is 123 Å². The maximum atomic E-state index is 12.4. The molecule has 0 bridgehead atoms. The van der Waals surface area contributed by atoms with Gasteiger partial charge in [0.1, 0.15) is 12.1 Å². The zero-order valence-electron chi connectivity index (χ0n) is 13.4. The number of piperazine rings is 1. The van der Waals surface area contributed by atoms with Crippen molar-refractivity contribution in [2.45, 2.75) is 78.3 Å². The quantitative estimate of drug-likeness (QED) is 0.696. The summed E-state index contributed by atoms with van der Waals surface area (Å²) in [7, 11) is 0. The van der Waals surface area contributed by atoms with Crippen LogP contribution < -0.4 is 5.32 Å². The van der Waals surface area contributed by atoms with E-state index in [4.69, 9.17) is 0 Å². The summed E-state index contributed by atoms with van der Waals surface area (Å²) in [5.41, 5.74) is 0. The number of carbonyl (C=O) groups is 2. The van der Waals surface area contributed by atoms with E-state index in [0.29, 0.717) is 6.54 Å². The van der Waals surface area contributed by atoms with Crippen molar-refractivity contribution in [2.24, 2.45) is 5.92 Å². The van der Waals surface area contributed by atoms with Crippen molar-refractivity contribution in [2.75, 3.05) is 6.54 Å². The Morgan fingerprint density at radius 2 is 1.70 bits per heavy atom. The Balaban J connectivity index is 2.44. The molecule has 2 unspecified atom stereocenters. The predicted molar refractivity (Wildman–Crippen MR) is 81.3 cm³/mol. The average molecular weight is 282 g/mol. The molecule has 1 aliphatic heterocycles. The summed E-state index contributed by atoms with van der Waals surface area (Å²) in [4.78, 5) is 26.1. The van der Waals surface area contributed by atoms with E-state index in [1.54, 1.807) is 4.90 Å². The molecular weight excluding hydrogens is 252 g/mol. The molecule has 0 aliphatic carbocycles. The fourth-order valence-corrected chi connectivity index (χ4v) is 2.66. The number of nitrogens with zero attached hydrogens (tertiary/aromatic N) is 1. The smallest absolute Gasteiger partial charge is 0.246 e. The predicted octanol–water partition coefficient (Wildman–Crippen LogP) is 2.72. The van der Waals surface area contributed by atoms with Crippen LogP contribution in [0.4, 0.5) is 0 Å². The van der Waals surface area contributed by atoms with Gasteiger partial charge in [-0.3, -0.25) is 9.59 Å². The lowest BCUT2D eigenvalue weighted by molar-refractivity contribution is -0.149. The van der Waals surface area contributed by atoms with Crippen LogP contribution in [0.2, 0.25) is 0 Å². The Hall–Kier alpha value is -1.06. The van der Waals surface area contributed by atoms with Gasteiger partial charge in [-0.05, 0) is 19.3 Å². The summed E-state index contributed by atoms with van der Waals surface area (Å²) in [6.07, 6.45) is 7.18. The first kappa shape index (κ1) is 17.0. The molecule has 0 aromatic carbocycles. The van der Waals surface area contributed by atoms with E-state index in [-0.39, 0.29) is 29.8 Å². The summed E-state index contributed by atoms with van der Waals surface area (Å²) < 4.78 is 0. The van der Waals surface area contributed by atoms with Gasteiger partial charge in [0.15, 0.2) is 0 Å². The van der Waals surface area contributed by atoms with E-state index in [1.807, 2.05) is 20.8 Å². The molecule has 1 rings (SSSR count). The molecule has 4 nitrogen and oxygen atoms in total. The first-order valence-electron chi connectivity index (χ1n) is 8.09. The fraction of sp³-hybridized carbons (Fsp3) is 0.875. The van der Waals surface area contributed by atoms with Crippen molar-refractivity contribution in [1.29, 1.82) is 0 Å². The van der Waals surface area contributed by atoms with Crippen LogP contribution in [-0.2, 0) is 9.59 Å². The van der Waals surface area contributed by atoms with Crippen molar-refractivity contribution in [1.82, 2.24) is 10.2 Å². The summed E-state index contributed by atoms with van der Waals surface area (Å²) in [5, 5.41) is 2.83. The Kier molecular flexibility index (Phi) is 7.03. The highest BCUT2D eigenvalue weighted by Gasteiger charge is 2.38. The standard InChI is InChI=1S/C16H30N2O2/c1-5-6-7-8-9-10-11-18-13(4)15(19)17-14(12(2)3)16(18)20/h12-14H,5-11H2,1-4H3,(H,17,19). The van der Waals surface area contributed by atoms with E-state index in [9.17, 15) is 9.59 Å². The number of hydrogen-bond acceptors (Lipinski definition) is 2.